The van der Waals surface area contributed by atoms with Gasteiger partial charge in [0.1, 0.15) is 5.82 Å². The van der Waals surface area contributed by atoms with Gasteiger partial charge in [-0.05, 0) is 18.2 Å². The van der Waals surface area contributed by atoms with Crippen LogP contribution in [-0.4, -0.2) is 28.2 Å². The molecule has 0 fully saturated rings. The van der Waals surface area contributed by atoms with Crippen molar-refractivity contribution in [1.29, 1.82) is 0 Å². The van der Waals surface area contributed by atoms with E-state index < -0.39 is 11.7 Å². The number of H-pyrrole nitrogens is 1. The van der Waals surface area contributed by atoms with E-state index in [2.05, 4.69) is 36.4 Å². The summed E-state index contributed by atoms with van der Waals surface area (Å²) in [6.07, 6.45) is 0. The van der Waals surface area contributed by atoms with Crippen LogP contribution >= 0.6 is 15.9 Å². The van der Waals surface area contributed by atoms with E-state index in [-0.39, 0.29) is 17.5 Å². The number of aromatic nitrogens is 3. The summed E-state index contributed by atoms with van der Waals surface area (Å²) in [6.45, 7) is 0. The van der Waals surface area contributed by atoms with Crippen molar-refractivity contribution in [3.63, 3.8) is 0 Å². The number of aromatic amines is 1. The summed E-state index contributed by atoms with van der Waals surface area (Å²) < 4.78 is 18.8. The summed E-state index contributed by atoms with van der Waals surface area (Å²) >= 11 is 3.11. The van der Waals surface area contributed by atoms with Crippen molar-refractivity contribution in [1.82, 2.24) is 15.2 Å². The molecule has 0 aliphatic heterocycles. The zero-order valence-corrected chi connectivity index (χ0v) is 10.8. The van der Waals surface area contributed by atoms with Gasteiger partial charge in [0.25, 0.3) is 5.91 Å². The number of amides is 1. The van der Waals surface area contributed by atoms with Crippen molar-refractivity contribution in [2.45, 2.75) is 0 Å². The Kier molecular flexibility index (Phi) is 3.56. The Labute approximate surface area is 110 Å². The third-order valence-electron chi connectivity index (χ3n) is 2.06. The number of ether oxygens (including phenoxy) is 1. The Morgan fingerprint density at radius 1 is 1.56 bits per heavy atom. The quantitative estimate of drug-likeness (QED) is 0.907. The minimum Gasteiger partial charge on any atom is -0.466 e. The molecule has 2 aromatic rings. The maximum atomic E-state index is 13.5. The second-order valence-electron chi connectivity index (χ2n) is 3.25. The highest BCUT2D eigenvalue weighted by atomic mass is 79.9. The number of hydrogen-bond donors (Lipinski definition) is 2. The summed E-state index contributed by atoms with van der Waals surface area (Å²) in [5.74, 6) is -1.17. The lowest BCUT2D eigenvalue weighted by Crippen LogP contribution is -2.14. The number of nitrogens with one attached hydrogen (secondary N) is 2. The third kappa shape index (κ3) is 2.65. The van der Waals surface area contributed by atoms with Gasteiger partial charge in [0.05, 0.1) is 12.7 Å². The van der Waals surface area contributed by atoms with Crippen molar-refractivity contribution >= 4 is 27.8 Å². The van der Waals surface area contributed by atoms with Crippen molar-refractivity contribution in [2.24, 2.45) is 0 Å². The first kappa shape index (κ1) is 12.5. The summed E-state index contributed by atoms with van der Waals surface area (Å²) in [5, 5.41) is 8.45. The van der Waals surface area contributed by atoms with Gasteiger partial charge < -0.3 is 4.74 Å². The summed E-state index contributed by atoms with van der Waals surface area (Å²) in [6, 6.07) is 4.22. The molecule has 0 atom stereocenters. The average molecular weight is 315 g/mol. The first-order chi connectivity index (χ1) is 8.60. The van der Waals surface area contributed by atoms with Crippen LogP contribution in [0.15, 0.2) is 22.7 Å². The van der Waals surface area contributed by atoms with Gasteiger partial charge in [0.15, 0.2) is 0 Å². The van der Waals surface area contributed by atoms with Crippen LogP contribution in [0, 0.1) is 5.82 Å². The molecule has 0 bridgehead atoms. The molecule has 0 aliphatic rings. The Morgan fingerprint density at radius 2 is 2.33 bits per heavy atom. The van der Waals surface area contributed by atoms with Gasteiger partial charge in [-0.25, -0.2) is 9.49 Å². The van der Waals surface area contributed by atoms with E-state index in [4.69, 9.17) is 4.74 Å². The third-order valence-corrected chi connectivity index (χ3v) is 2.55. The maximum absolute atomic E-state index is 13.5. The minimum absolute atomic E-state index is 0.0826. The molecule has 18 heavy (non-hydrogen) atoms. The maximum Gasteiger partial charge on any atom is 0.336 e. The molecule has 2 N–H and O–H groups in total. The molecule has 2 rings (SSSR count). The molecule has 0 spiro atoms. The van der Waals surface area contributed by atoms with Crippen LogP contribution < -0.4 is 10.1 Å². The Bertz CT molecular complexity index is 587. The smallest absolute Gasteiger partial charge is 0.336 e. The second-order valence-corrected chi connectivity index (χ2v) is 4.16. The summed E-state index contributed by atoms with van der Waals surface area (Å²) in [7, 11) is 1.39. The number of methoxy groups -OCH3 is 1. The van der Waals surface area contributed by atoms with Crippen LogP contribution in [0.2, 0.25) is 0 Å². The number of nitrogens with zero attached hydrogens (tertiary/aromatic N) is 2. The largest absolute Gasteiger partial charge is 0.466 e. The second kappa shape index (κ2) is 5.13. The van der Waals surface area contributed by atoms with Crippen LogP contribution in [-0.2, 0) is 0 Å². The number of carbonyl (C=O) groups excluding carboxylic acids is 1. The molecule has 0 radical (unpaired) electrons. The number of carbonyl (C=O) groups is 1. The van der Waals surface area contributed by atoms with Crippen molar-refractivity contribution in [3.05, 3.63) is 34.1 Å². The molecule has 94 valence electrons. The highest BCUT2D eigenvalue weighted by Crippen LogP contribution is 2.16. The monoisotopic (exact) mass is 314 g/mol. The Balaban J connectivity index is 2.16. The van der Waals surface area contributed by atoms with Gasteiger partial charge >= 0.3 is 6.01 Å². The molecule has 0 unspecified atom stereocenters. The molecule has 1 heterocycles. The number of benzene rings is 1. The summed E-state index contributed by atoms with van der Waals surface area (Å²) in [5.41, 5.74) is -0.0893. The van der Waals surface area contributed by atoms with Gasteiger partial charge in [0.2, 0.25) is 5.95 Å². The molecule has 6 nitrogen and oxygen atoms in total. The van der Waals surface area contributed by atoms with Crippen LogP contribution in [0.5, 0.6) is 6.01 Å². The molecule has 0 aliphatic carbocycles. The van der Waals surface area contributed by atoms with Crippen LogP contribution in [0.25, 0.3) is 0 Å². The van der Waals surface area contributed by atoms with E-state index in [0.717, 1.165) is 0 Å². The van der Waals surface area contributed by atoms with Gasteiger partial charge in [-0.3, -0.25) is 10.1 Å². The van der Waals surface area contributed by atoms with Crippen molar-refractivity contribution < 1.29 is 13.9 Å². The van der Waals surface area contributed by atoms with Gasteiger partial charge in [-0.2, -0.15) is 4.98 Å². The Hall–Kier alpha value is -1.96. The lowest BCUT2D eigenvalue weighted by molar-refractivity contribution is 0.102. The van der Waals surface area contributed by atoms with Gasteiger partial charge in [0, 0.05) is 4.47 Å². The fraction of sp³-hybridized carbons (Fsp3) is 0.100. The van der Waals surface area contributed by atoms with E-state index in [1.54, 1.807) is 6.07 Å². The molecule has 0 saturated carbocycles. The molecule has 1 aromatic heterocycles. The molecular formula is C10H8BrFN4O2. The van der Waals surface area contributed by atoms with E-state index in [1.807, 2.05) is 0 Å². The molecule has 0 saturated heterocycles. The number of rotatable bonds is 3. The SMILES string of the molecule is COc1n[nH]c(NC(=O)c2ccc(Br)cc2F)n1. The molecule has 1 amide bonds. The van der Waals surface area contributed by atoms with Crippen LogP contribution in [0.1, 0.15) is 10.4 Å². The van der Waals surface area contributed by atoms with E-state index in [9.17, 15) is 9.18 Å². The average Bonchev–Trinajstić information content (AvgIpc) is 2.76. The fourth-order valence-corrected chi connectivity index (χ4v) is 1.58. The Morgan fingerprint density at radius 3 is 2.94 bits per heavy atom. The fourth-order valence-electron chi connectivity index (χ4n) is 1.24. The van der Waals surface area contributed by atoms with Gasteiger partial charge in [-0.15, -0.1) is 5.10 Å². The lowest BCUT2D eigenvalue weighted by Gasteiger charge is -2.03. The van der Waals surface area contributed by atoms with Gasteiger partial charge in [-0.1, -0.05) is 15.9 Å². The summed E-state index contributed by atoms with van der Waals surface area (Å²) in [4.78, 5) is 15.5. The number of hydrogen-bond acceptors (Lipinski definition) is 4. The van der Waals surface area contributed by atoms with E-state index in [1.165, 1.54) is 19.2 Å². The van der Waals surface area contributed by atoms with Crippen molar-refractivity contribution in [2.75, 3.05) is 12.4 Å². The van der Waals surface area contributed by atoms with E-state index >= 15 is 0 Å². The zero-order chi connectivity index (χ0) is 13.1. The van der Waals surface area contributed by atoms with Crippen LogP contribution in [0.3, 0.4) is 0 Å². The predicted octanol–water partition coefficient (Wildman–Crippen LogP) is 1.97. The highest BCUT2D eigenvalue weighted by molar-refractivity contribution is 9.10. The van der Waals surface area contributed by atoms with E-state index in [0.29, 0.717) is 4.47 Å². The first-order valence-electron chi connectivity index (χ1n) is 4.83. The lowest BCUT2D eigenvalue weighted by atomic mass is 10.2. The zero-order valence-electron chi connectivity index (χ0n) is 9.20. The number of anilines is 1. The molecular weight excluding hydrogens is 307 g/mol. The normalized spacial score (nSPS) is 10.2. The van der Waals surface area contributed by atoms with Crippen LogP contribution in [0.4, 0.5) is 10.3 Å². The predicted molar refractivity (Wildman–Crippen MR) is 65.0 cm³/mol. The molecule has 1 aromatic carbocycles. The first-order valence-corrected chi connectivity index (χ1v) is 5.62. The highest BCUT2D eigenvalue weighted by Gasteiger charge is 2.14. The minimum atomic E-state index is -0.631. The van der Waals surface area contributed by atoms with Crippen molar-refractivity contribution in [3.8, 4) is 6.01 Å². The molecule has 8 heteroatoms. The number of halogens is 2. The topological polar surface area (TPSA) is 79.9 Å². The standard InChI is InChI=1S/C10H8BrFN4O2/c1-18-10-14-9(15-16-10)13-8(17)6-3-2-5(11)4-7(6)12/h2-4H,1H3,(H2,13,14,15,16,17).